The van der Waals surface area contributed by atoms with Crippen LogP contribution in [0.15, 0.2) is 11.2 Å². The molecule has 1 aliphatic rings. The summed E-state index contributed by atoms with van der Waals surface area (Å²) in [6.45, 7) is 0.786. The molecule has 15 heavy (non-hydrogen) atoms. The molecule has 1 aromatic rings. The molecule has 0 unspecified atom stereocenters. The molecule has 0 spiro atoms. The summed E-state index contributed by atoms with van der Waals surface area (Å²) in [5, 5.41) is 3.74. The summed E-state index contributed by atoms with van der Waals surface area (Å²) in [5.74, 6) is 2.22. The number of hydrogen-bond donors (Lipinski definition) is 1. The van der Waals surface area contributed by atoms with E-state index < -0.39 is 0 Å². The topological polar surface area (TPSA) is 47.0 Å². The van der Waals surface area contributed by atoms with Crippen molar-refractivity contribution in [2.24, 2.45) is 5.92 Å². The van der Waals surface area contributed by atoms with E-state index in [4.69, 9.17) is 4.74 Å². The van der Waals surface area contributed by atoms with Crippen molar-refractivity contribution in [1.82, 2.24) is 9.97 Å². The van der Waals surface area contributed by atoms with Gasteiger partial charge in [-0.1, -0.05) is 11.8 Å². The lowest BCUT2D eigenvalue weighted by Gasteiger charge is -2.07. The second kappa shape index (κ2) is 4.70. The molecule has 5 heteroatoms. The standard InChI is InChI=1S/C10H15N3OS/c1-11-8-5-9(13-10(12-8)15-2)14-6-7-3-4-7/h5,7H,3-4,6H2,1-2H3,(H,11,12,13). The fourth-order valence-electron chi connectivity index (χ4n) is 1.18. The van der Waals surface area contributed by atoms with Gasteiger partial charge in [-0.15, -0.1) is 0 Å². The third kappa shape index (κ3) is 2.99. The summed E-state index contributed by atoms with van der Waals surface area (Å²) in [4.78, 5) is 8.56. The van der Waals surface area contributed by atoms with Gasteiger partial charge in [-0.3, -0.25) is 0 Å². The lowest BCUT2D eigenvalue weighted by atomic mass is 10.5. The number of hydrogen-bond acceptors (Lipinski definition) is 5. The Morgan fingerprint density at radius 1 is 1.53 bits per heavy atom. The van der Waals surface area contributed by atoms with Crippen molar-refractivity contribution in [1.29, 1.82) is 0 Å². The van der Waals surface area contributed by atoms with Crippen LogP contribution in [-0.4, -0.2) is 29.9 Å². The van der Waals surface area contributed by atoms with Crippen LogP contribution in [0.25, 0.3) is 0 Å². The molecule has 82 valence electrons. The van der Waals surface area contributed by atoms with Crippen molar-refractivity contribution >= 4 is 17.6 Å². The van der Waals surface area contributed by atoms with E-state index in [1.54, 1.807) is 0 Å². The minimum Gasteiger partial charge on any atom is -0.477 e. The molecule has 0 atom stereocenters. The Labute approximate surface area is 93.8 Å². The maximum atomic E-state index is 5.61. The summed E-state index contributed by atoms with van der Waals surface area (Å²) >= 11 is 1.52. The van der Waals surface area contributed by atoms with Gasteiger partial charge in [0, 0.05) is 13.1 Å². The van der Waals surface area contributed by atoms with Crippen LogP contribution < -0.4 is 10.1 Å². The highest BCUT2D eigenvalue weighted by Gasteiger charge is 2.22. The highest BCUT2D eigenvalue weighted by Crippen LogP contribution is 2.29. The zero-order valence-corrected chi connectivity index (χ0v) is 9.80. The molecule has 1 aliphatic carbocycles. The van der Waals surface area contributed by atoms with E-state index in [1.807, 2.05) is 19.4 Å². The van der Waals surface area contributed by atoms with Crippen molar-refractivity contribution in [2.75, 3.05) is 25.2 Å². The first kappa shape index (κ1) is 10.5. The number of nitrogens with zero attached hydrogens (tertiary/aromatic N) is 2. The van der Waals surface area contributed by atoms with E-state index in [0.717, 1.165) is 23.5 Å². The largest absolute Gasteiger partial charge is 0.477 e. The Morgan fingerprint density at radius 3 is 2.93 bits per heavy atom. The Hall–Kier alpha value is -0.970. The molecule has 1 saturated carbocycles. The monoisotopic (exact) mass is 225 g/mol. The average Bonchev–Trinajstić information content (AvgIpc) is 3.09. The zero-order chi connectivity index (χ0) is 10.7. The predicted molar refractivity (Wildman–Crippen MR) is 61.6 cm³/mol. The lowest BCUT2D eigenvalue weighted by molar-refractivity contribution is 0.286. The molecule has 0 saturated heterocycles. The highest BCUT2D eigenvalue weighted by atomic mass is 32.2. The number of ether oxygens (including phenoxy) is 1. The summed E-state index contributed by atoms with van der Waals surface area (Å²) < 4.78 is 5.61. The molecule has 0 aliphatic heterocycles. The third-order valence-electron chi connectivity index (χ3n) is 2.28. The molecule has 1 aromatic heterocycles. The van der Waals surface area contributed by atoms with Crippen molar-refractivity contribution in [3.63, 3.8) is 0 Å². The maximum Gasteiger partial charge on any atom is 0.219 e. The van der Waals surface area contributed by atoms with Crippen LogP contribution in [0.4, 0.5) is 5.82 Å². The quantitative estimate of drug-likeness (QED) is 0.613. The van der Waals surface area contributed by atoms with Gasteiger partial charge in [0.2, 0.25) is 5.88 Å². The fraction of sp³-hybridized carbons (Fsp3) is 0.600. The van der Waals surface area contributed by atoms with Crippen LogP contribution in [0.1, 0.15) is 12.8 Å². The smallest absolute Gasteiger partial charge is 0.219 e. The molecule has 0 aromatic carbocycles. The molecular formula is C10H15N3OS. The summed E-state index contributed by atoms with van der Waals surface area (Å²) in [6.07, 6.45) is 4.54. The summed E-state index contributed by atoms with van der Waals surface area (Å²) in [5.41, 5.74) is 0. The van der Waals surface area contributed by atoms with Crippen molar-refractivity contribution in [2.45, 2.75) is 18.0 Å². The third-order valence-corrected chi connectivity index (χ3v) is 2.83. The Bertz CT molecular complexity index is 319. The highest BCUT2D eigenvalue weighted by molar-refractivity contribution is 7.98. The molecule has 2 rings (SSSR count). The van der Waals surface area contributed by atoms with Crippen molar-refractivity contribution in [3.05, 3.63) is 6.07 Å². The van der Waals surface area contributed by atoms with Crippen molar-refractivity contribution in [3.8, 4) is 5.88 Å². The second-order valence-corrected chi connectivity index (χ2v) is 4.36. The van der Waals surface area contributed by atoms with Crippen molar-refractivity contribution < 1.29 is 4.74 Å². The molecule has 1 fully saturated rings. The number of rotatable bonds is 5. The number of thioether (sulfide) groups is 1. The van der Waals surface area contributed by atoms with Crippen LogP contribution in [0, 0.1) is 5.92 Å². The van der Waals surface area contributed by atoms with Crippen LogP contribution in [0.5, 0.6) is 5.88 Å². The summed E-state index contributed by atoms with van der Waals surface area (Å²) in [7, 11) is 1.84. The van der Waals surface area contributed by atoms with Gasteiger partial charge >= 0.3 is 0 Å². The van der Waals surface area contributed by atoms with Gasteiger partial charge < -0.3 is 10.1 Å². The zero-order valence-electron chi connectivity index (χ0n) is 8.99. The predicted octanol–water partition coefficient (Wildman–Crippen LogP) is 2.03. The fourth-order valence-corrected chi connectivity index (χ4v) is 1.56. The van der Waals surface area contributed by atoms with Gasteiger partial charge in [0.15, 0.2) is 5.16 Å². The average molecular weight is 225 g/mol. The first-order valence-corrected chi connectivity index (χ1v) is 6.28. The van der Waals surface area contributed by atoms with Gasteiger partial charge in [-0.2, -0.15) is 4.98 Å². The second-order valence-electron chi connectivity index (χ2n) is 3.58. The molecule has 0 radical (unpaired) electrons. The molecule has 4 nitrogen and oxygen atoms in total. The van der Waals surface area contributed by atoms with E-state index in [-0.39, 0.29) is 0 Å². The van der Waals surface area contributed by atoms with E-state index in [0.29, 0.717) is 5.88 Å². The Kier molecular flexibility index (Phi) is 3.30. The van der Waals surface area contributed by atoms with Crippen LogP contribution >= 0.6 is 11.8 Å². The van der Waals surface area contributed by atoms with E-state index in [9.17, 15) is 0 Å². The Balaban J connectivity index is 2.06. The minimum absolute atomic E-state index is 0.672. The van der Waals surface area contributed by atoms with Gasteiger partial charge in [-0.05, 0) is 25.0 Å². The van der Waals surface area contributed by atoms with Crippen LogP contribution in [-0.2, 0) is 0 Å². The van der Waals surface area contributed by atoms with Gasteiger partial charge in [-0.25, -0.2) is 4.98 Å². The molecule has 1 N–H and O–H groups in total. The Morgan fingerprint density at radius 2 is 2.33 bits per heavy atom. The number of aromatic nitrogens is 2. The van der Waals surface area contributed by atoms with Crippen LogP contribution in [0.2, 0.25) is 0 Å². The van der Waals surface area contributed by atoms with Gasteiger partial charge in [0.05, 0.1) is 6.61 Å². The first-order chi connectivity index (χ1) is 7.31. The summed E-state index contributed by atoms with van der Waals surface area (Å²) in [6, 6.07) is 1.84. The first-order valence-electron chi connectivity index (χ1n) is 5.05. The minimum atomic E-state index is 0.672. The normalized spacial score (nSPS) is 15.1. The molecule has 0 amide bonds. The number of anilines is 1. The molecule has 0 bridgehead atoms. The molecular weight excluding hydrogens is 210 g/mol. The van der Waals surface area contributed by atoms with E-state index in [2.05, 4.69) is 15.3 Å². The van der Waals surface area contributed by atoms with E-state index in [1.165, 1.54) is 24.6 Å². The SMILES string of the molecule is CNc1cc(OCC2CC2)nc(SC)n1. The molecule has 1 heterocycles. The van der Waals surface area contributed by atoms with Gasteiger partial charge in [0.25, 0.3) is 0 Å². The van der Waals surface area contributed by atoms with Crippen LogP contribution in [0.3, 0.4) is 0 Å². The maximum absolute atomic E-state index is 5.61. The van der Waals surface area contributed by atoms with E-state index >= 15 is 0 Å². The number of nitrogens with one attached hydrogen (secondary N) is 1. The van der Waals surface area contributed by atoms with Gasteiger partial charge in [0.1, 0.15) is 5.82 Å². The lowest BCUT2D eigenvalue weighted by Crippen LogP contribution is -2.03.